The highest BCUT2D eigenvalue weighted by molar-refractivity contribution is 7.13. The normalized spacial score (nSPS) is 13.2. The van der Waals surface area contributed by atoms with Crippen LogP contribution in [-0.4, -0.2) is 38.2 Å². The summed E-state index contributed by atoms with van der Waals surface area (Å²) in [6, 6.07) is 15.7. The first-order chi connectivity index (χ1) is 15.2. The minimum Gasteiger partial charge on any atom is -0.497 e. The molecule has 1 fully saturated rings. The lowest BCUT2D eigenvalue weighted by molar-refractivity contribution is -0.115. The topological polar surface area (TPSA) is 94.8 Å². The van der Waals surface area contributed by atoms with Gasteiger partial charge in [-0.1, -0.05) is 12.1 Å². The number of nitrogens with one attached hydrogen (secondary N) is 1. The van der Waals surface area contributed by atoms with Crippen LogP contribution in [0.5, 0.6) is 5.75 Å². The van der Waals surface area contributed by atoms with E-state index in [0.717, 1.165) is 46.2 Å². The van der Waals surface area contributed by atoms with Gasteiger partial charge in [0.1, 0.15) is 10.8 Å². The van der Waals surface area contributed by atoms with Crippen molar-refractivity contribution in [1.29, 1.82) is 0 Å². The Kier molecular flexibility index (Phi) is 5.17. The minimum atomic E-state index is -0.120. The zero-order chi connectivity index (χ0) is 21.2. The molecule has 0 spiro atoms. The van der Waals surface area contributed by atoms with E-state index in [1.165, 1.54) is 11.3 Å². The largest absolute Gasteiger partial charge is 0.497 e. The van der Waals surface area contributed by atoms with Gasteiger partial charge in [0.05, 0.1) is 25.3 Å². The smallest absolute Gasteiger partial charge is 0.230 e. The predicted octanol–water partition coefficient (Wildman–Crippen LogP) is 3.99. The number of benzene rings is 2. The number of hydrogen-bond donors (Lipinski definition) is 1. The Hall–Kier alpha value is -3.59. The van der Waals surface area contributed by atoms with Gasteiger partial charge in [0.2, 0.25) is 5.91 Å². The molecule has 4 aromatic rings. The standard InChI is InChI=1S/C22H20N6O2S/c1-30-19-9-5-14(6-10-19)22-24-17(13-31-22)12-20(29)23-16-4-2-3-15(11-16)21-25-26-27-28(21)18-7-8-18/h2-6,9-11,13,18H,7-8,12H2,1H3,(H,23,29). The molecule has 8 nitrogen and oxygen atoms in total. The molecule has 1 aliphatic carbocycles. The van der Waals surface area contributed by atoms with Crippen LogP contribution in [0.4, 0.5) is 5.69 Å². The Morgan fingerprint density at radius 3 is 2.81 bits per heavy atom. The first kappa shape index (κ1) is 19.4. The van der Waals surface area contributed by atoms with Crippen LogP contribution in [0.1, 0.15) is 24.6 Å². The van der Waals surface area contributed by atoms with Crippen molar-refractivity contribution in [1.82, 2.24) is 25.2 Å². The third-order valence-corrected chi connectivity index (χ3v) is 5.96. The second kappa shape index (κ2) is 8.27. The van der Waals surface area contributed by atoms with Crippen LogP contribution in [0.25, 0.3) is 22.0 Å². The van der Waals surface area contributed by atoms with Gasteiger partial charge >= 0.3 is 0 Å². The van der Waals surface area contributed by atoms with Crippen molar-refractivity contribution in [3.8, 4) is 27.7 Å². The van der Waals surface area contributed by atoms with Crippen molar-refractivity contribution in [2.75, 3.05) is 12.4 Å². The molecule has 2 aromatic carbocycles. The molecular formula is C22H20N6O2S. The Balaban J connectivity index is 1.26. The van der Waals surface area contributed by atoms with Gasteiger partial charge in [-0.05, 0) is 59.7 Å². The van der Waals surface area contributed by atoms with Gasteiger partial charge < -0.3 is 10.1 Å². The van der Waals surface area contributed by atoms with Crippen LogP contribution in [0.15, 0.2) is 53.9 Å². The maximum absolute atomic E-state index is 12.6. The number of rotatable bonds is 7. The molecule has 0 saturated heterocycles. The summed E-state index contributed by atoms with van der Waals surface area (Å²) < 4.78 is 7.05. The van der Waals surface area contributed by atoms with E-state index in [0.29, 0.717) is 11.7 Å². The second-order valence-electron chi connectivity index (χ2n) is 7.36. The Morgan fingerprint density at radius 2 is 2.03 bits per heavy atom. The molecule has 0 atom stereocenters. The number of thiazole rings is 1. The van der Waals surface area contributed by atoms with Gasteiger partial charge in [-0.15, -0.1) is 16.4 Å². The lowest BCUT2D eigenvalue weighted by Gasteiger charge is -2.07. The summed E-state index contributed by atoms with van der Waals surface area (Å²) in [5.41, 5.74) is 3.32. The molecule has 5 rings (SSSR count). The Morgan fingerprint density at radius 1 is 1.19 bits per heavy atom. The number of ether oxygens (including phenoxy) is 1. The van der Waals surface area contributed by atoms with E-state index < -0.39 is 0 Å². The number of tetrazole rings is 1. The van der Waals surface area contributed by atoms with Gasteiger partial charge in [0.25, 0.3) is 0 Å². The molecule has 2 aromatic heterocycles. The zero-order valence-electron chi connectivity index (χ0n) is 16.9. The third kappa shape index (κ3) is 4.31. The number of nitrogens with zero attached hydrogens (tertiary/aromatic N) is 5. The predicted molar refractivity (Wildman–Crippen MR) is 118 cm³/mol. The van der Waals surface area contributed by atoms with Crippen molar-refractivity contribution in [3.05, 3.63) is 59.6 Å². The number of hydrogen-bond acceptors (Lipinski definition) is 7. The van der Waals surface area contributed by atoms with Gasteiger partial charge in [0.15, 0.2) is 5.82 Å². The van der Waals surface area contributed by atoms with Crippen molar-refractivity contribution in [3.63, 3.8) is 0 Å². The number of aromatic nitrogens is 5. The summed E-state index contributed by atoms with van der Waals surface area (Å²) in [6.07, 6.45) is 2.40. The van der Waals surface area contributed by atoms with Crippen molar-refractivity contribution >= 4 is 22.9 Å². The molecule has 1 aliphatic rings. The van der Waals surface area contributed by atoms with Crippen LogP contribution in [-0.2, 0) is 11.2 Å². The van der Waals surface area contributed by atoms with Crippen LogP contribution in [0.3, 0.4) is 0 Å². The van der Waals surface area contributed by atoms with E-state index in [-0.39, 0.29) is 12.3 Å². The molecule has 31 heavy (non-hydrogen) atoms. The molecule has 156 valence electrons. The number of carbonyl (C=O) groups is 1. The molecule has 9 heteroatoms. The SMILES string of the molecule is COc1ccc(-c2nc(CC(=O)Nc3cccc(-c4nnnn4C4CC4)c3)cs2)cc1. The van der Waals surface area contributed by atoms with Gasteiger partial charge in [-0.25, -0.2) is 9.67 Å². The molecule has 1 N–H and O–H groups in total. The van der Waals surface area contributed by atoms with E-state index in [2.05, 4.69) is 25.8 Å². The Bertz CT molecular complexity index is 1210. The average molecular weight is 433 g/mol. The van der Waals surface area contributed by atoms with Crippen molar-refractivity contribution < 1.29 is 9.53 Å². The molecule has 1 saturated carbocycles. The summed E-state index contributed by atoms with van der Waals surface area (Å²) in [5.74, 6) is 1.40. The monoisotopic (exact) mass is 432 g/mol. The fourth-order valence-corrected chi connectivity index (χ4v) is 4.13. The summed E-state index contributed by atoms with van der Waals surface area (Å²) >= 11 is 1.52. The molecule has 1 amide bonds. The number of amides is 1. The lowest BCUT2D eigenvalue weighted by atomic mass is 10.2. The molecule has 2 heterocycles. The van der Waals surface area contributed by atoms with E-state index >= 15 is 0 Å². The maximum atomic E-state index is 12.6. The summed E-state index contributed by atoms with van der Waals surface area (Å²) in [7, 11) is 1.64. The van der Waals surface area contributed by atoms with E-state index in [4.69, 9.17) is 4.74 Å². The summed E-state index contributed by atoms with van der Waals surface area (Å²) in [6.45, 7) is 0. The van der Waals surface area contributed by atoms with Gasteiger partial charge in [-0.3, -0.25) is 4.79 Å². The van der Waals surface area contributed by atoms with Crippen LogP contribution in [0.2, 0.25) is 0 Å². The quantitative estimate of drug-likeness (QED) is 0.475. The molecule has 0 aliphatic heterocycles. The minimum absolute atomic E-state index is 0.120. The van der Waals surface area contributed by atoms with E-state index in [1.807, 2.05) is 58.6 Å². The van der Waals surface area contributed by atoms with Gasteiger partial charge in [0, 0.05) is 22.2 Å². The average Bonchev–Trinajstić information content (AvgIpc) is 3.32. The molecule has 0 radical (unpaired) electrons. The van der Waals surface area contributed by atoms with E-state index in [9.17, 15) is 4.79 Å². The molecule has 0 bridgehead atoms. The highest BCUT2D eigenvalue weighted by atomic mass is 32.1. The molecule has 0 unspecified atom stereocenters. The Labute approximate surface area is 182 Å². The fraction of sp³-hybridized carbons (Fsp3) is 0.227. The summed E-state index contributed by atoms with van der Waals surface area (Å²) in [4.78, 5) is 17.2. The van der Waals surface area contributed by atoms with E-state index in [1.54, 1.807) is 7.11 Å². The van der Waals surface area contributed by atoms with Crippen LogP contribution < -0.4 is 10.1 Å². The zero-order valence-corrected chi connectivity index (χ0v) is 17.7. The second-order valence-corrected chi connectivity index (χ2v) is 8.21. The fourth-order valence-electron chi connectivity index (χ4n) is 3.31. The van der Waals surface area contributed by atoms with Crippen molar-refractivity contribution in [2.45, 2.75) is 25.3 Å². The van der Waals surface area contributed by atoms with Crippen molar-refractivity contribution in [2.24, 2.45) is 0 Å². The first-order valence-corrected chi connectivity index (χ1v) is 10.8. The van der Waals surface area contributed by atoms with Crippen LogP contribution in [0, 0.1) is 0 Å². The number of methoxy groups -OCH3 is 1. The van der Waals surface area contributed by atoms with Crippen LogP contribution >= 0.6 is 11.3 Å². The molecular weight excluding hydrogens is 412 g/mol. The third-order valence-electron chi connectivity index (χ3n) is 5.02. The first-order valence-electron chi connectivity index (χ1n) is 9.96. The highest BCUT2D eigenvalue weighted by Crippen LogP contribution is 2.36. The maximum Gasteiger partial charge on any atom is 0.230 e. The number of anilines is 1. The van der Waals surface area contributed by atoms with Gasteiger partial charge in [-0.2, -0.15) is 0 Å². The number of carbonyl (C=O) groups excluding carboxylic acids is 1. The highest BCUT2D eigenvalue weighted by Gasteiger charge is 2.28. The summed E-state index contributed by atoms with van der Waals surface area (Å²) in [5, 5.41) is 17.8. The lowest BCUT2D eigenvalue weighted by Crippen LogP contribution is -2.14.